The Hall–Kier alpha value is -1.19. The number of hydrogen-bond acceptors (Lipinski definition) is 3. The number of Topliss-reactive ketones (excluding diaryl/α,β-unsaturated/α-hetero) is 1. The predicted molar refractivity (Wildman–Crippen MR) is 74.3 cm³/mol. The Morgan fingerprint density at radius 3 is 2.29 bits per heavy atom. The first-order chi connectivity index (χ1) is 8.56. The van der Waals surface area contributed by atoms with Gasteiger partial charge in [0.05, 0.1) is 1.37 Å². The number of carbonyl (C=O) groups excluding carboxylic acids is 1. The van der Waals surface area contributed by atoms with Crippen LogP contribution in [0.25, 0.3) is 0 Å². The van der Waals surface area contributed by atoms with Gasteiger partial charge in [0.25, 0.3) is 0 Å². The zero-order chi connectivity index (χ0) is 13.1. The Morgan fingerprint density at radius 1 is 1.12 bits per heavy atom. The van der Waals surface area contributed by atoms with Gasteiger partial charge in [0, 0.05) is 20.2 Å². The monoisotopic (exact) mass is 261 g/mol. The third-order valence-electron chi connectivity index (χ3n) is 2.26. The number of thiol groups is 1. The average Bonchev–Trinajstić information content (AvgIpc) is 2.34. The molecule has 2 rings (SSSR count). The number of benzene rings is 2. The molecule has 0 unspecified atom stereocenters. The van der Waals surface area contributed by atoms with E-state index in [1.54, 1.807) is 24.8 Å². The first-order valence-corrected chi connectivity index (χ1v) is 6.41. The topological polar surface area (TPSA) is 17.1 Å². The van der Waals surface area contributed by atoms with E-state index in [9.17, 15) is 4.79 Å². The number of carbonyl (C=O) groups is 1. The number of ketones is 1. The average molecular weight is 261 g/mol. The van der Waals surface area contributed by atoms with Crippen molar-refractivity contribution in [2.75, 3.05) is 0 Å². The molecule has 0 N–H and O–H groups in total. The fourth-order valence-electron chi connectivity index (χ4n) is 1.36. The Morgan fingerprint density at radius 2 is 1.71 bits per heavy atom. The maximum atomic E-state index is 11.2. The van der Waals surface area contributed by atoms with Crippen molar-refractivity contribution in [3.63, 3.8) is 0 Å². The highest BCUT2D eigenvalue weighted by Crippen LogP contribution is 2.28. The molecule has 0 saturated carbocycles. The molecule has 2 aromatic carbocycles. The van der Waals surface area contributed by atoms with Gasteiger partial charge in [0.1, 0.15) is 0 Å². The summed E-state index contributed by atoms with van der Waals surface area (Å²) in [6.45, 7) is 1.56. The molecule has 0 aliphatic heterocycles. The molecule has 0 amide bonds. The molecule has 0 bridgehead atoms. The van der Waals surface area contributed by atoms with E-state index in [0.29, 0.717) is 16.5 Å². The highest BCUT2D eigenvalue weighted by Gasteiger charge is 2.00. The SMILES string of the molecule is [2H]c1cc(Sc2ccc(C(C)=O)cc2)ccc1S. The van der Waals surface area contributed by atoms with Crippen LogP contribution in [0.4, 0.5) is 0 Å². The van der Waals surface area contributed by atoms with Crippen LogP contribution in [0.1, 0.15) is 18.7 Å². The largest absolute Gasteiger partial charge is 0.295 e. The van der Waals surface area contributed by atoms with Crippen LogP contribution in [0.5, 0.6) is 0 Å². The highest BCUT2D eigenvalue weighted by atomic mass is 32.2. The van der Waals surface area contributed by atoms with E-state index in [0.717, 1.165) is 9.79 Å². The molecule has 17 heavy (non-hydrogen) atoms. The zero-order valence-electron chi connectivity index (χ0n) is 10.3. The van der Waals surface area contributed by atoms with Gasteiger partial charge >= 0.3 is 0 Å². The van der Waals surface area contributed by atoms with Gasteiger partial charge in [-0.1, -0.05) is 23.9 Å². The highest BCUT2D eigenvalue weighted by molar-refractivity contribution is 7.99. The Balaban J connectivity index is 2.18. The second-order valence-electron chi connectivity index (χ2n) is 3.59. The van der Waals surface area contributed by atoms with E-state index in [2.05, 4.69) is 12.6 Å². The minimum atomic E-state index is 0.0689. The van der Waals surface area contributed by atoms with Crippen LogP contribution < -0.4 is 0 Å². The standard InChI is InChI=1S/C14H12OS2/c1-10(15)11-2-6-13(7-3-11)17-14-8-4-12(16)5-9-14/h2-9,16H,1H3/i4D. The summed E-state index contributed by atoms with van der Waals surface area (Å²) in [5.41, 5.74) is 0.714. The normalized spacial score (nSPS) is 11.1. The Kier molecular flexibility index (Phi) is 3.49. The summed E-state index contributed by atoms with van der Waals surface area (Å²) >= 11 is 5.74. The van der Waals surface area contributed by atoms with E-state index >= 15 is 0 Å². The van der Waals surface area contributed by atoms with Crippen molar-refractivity contribution in [3.8, 4) is 0 Å². The summed E-state index contributed by atoms with van der Waals surface area (Å²) in [4.78, 5) is 13.9. The van der Waals surface area contributed by atoms with Gasteiger partial charge in [0.15, 0.2) is 5.78 Å². The molecule has 1 nitrogen and oxygen atoms in total. The van der Waals surface area contributed by atoms with E-state index in [1.807, 2.05) is 36.4 Å². The summed E-state index contributed by atoms with van der Waals surface area (Å²) in [7, 11) is 0. The van der Waals surface area contributed by atoms with Crippen molar-refractivity contribution in [2.24, 2.45) is 0 Å². The van der Waals surface area contributed by atoms with Crippen LogP contribution in [-0.4, -0.2) is 5.78 Å². The zero-order valence-corrected chi connectivity index (χ0v) is 11.0. The summed E-state index contributed by atoms with van der Waals surface area (Å²) in [6, 6.07) is 13.4. The van der Waals surface area contributed by atoms with Crippen molar-refractivity contribution >= 4 is 30.2 Å². The van der Waals surface area contributed by atoms with Crippen LogP contribution in [0, 0.1) is 0 Å². The van der Waals surface area contributed by atoms with Gasteiger partial charge in [0.2, 0.25) is 0 Å². The fraction of sp³-hybridized carbons (Fsp3) is 0.0714. The molecule has 0 heterocycles. The predicted octanol–water partition coefficient (Wildman–Crippen LogP) is 4.33. The minimum absolute atomic E-state index is 0.0689. The molecule has 0 aromatic heterocycles. The lowest BCUT2D eigenvalue weighted by Gasteiger charge is -2.02. The molecule has 0 aliphatic carbocycles. The summed E-state index contributed by atoms with van der Waals surface area (Å²) in [5, 5.41) is 0. The third kappa shape index (κ3) is 3.38. The quantitative estimate of drug-likeness (QED) is 0.654. The van der Waals surface area contributed by atoms with E-state index in [-0.39, 0.29) is 5.78 Å². The van der Waals surface area contributed by atoms with Crippen molar-refractivity contribution in [3.05, 3.63) is 54.1 Å². The smallest absolute Gasteiger partial charge is 0.159 e. The molecular formula is C14H12OS2. The van der Waals surface area contributed by atoms with Crippen molar-refractivity contribution in [1.29, 1.82) is 0 Å². The molecule has 0 fully saturated rings. The fourth-order valence-corrected chi connectivity index (χ4v) is 2.30. The first kappa shape index (κ1) is 10.9. The molecule has 3 heteroatoms. The van der Waals surface area contributed by atoms with Crippen LogP contribution in [0.15, 0.2) is 63.2 Å². The lowest BCUT2D eigenvalue weighted by molar-refractivity contribution is 0.101. The second-order valence-corrected chi connectivity index (χ2v) is 5.22. The van der Waals surface area contributed by atoms with Crippen molar-refractivity contribution < 1.29 is 6.17 Å². The minimum Gasteiger partial charge on any atom is -0.295 e. The summed E-state index contributed by atoms with van der Waals surface area (Å²) < 4.78 is 7.68. The van der Waals surface area contributed by atoms with E-state index in [4.69, 9.17) is 1.37 Å². The molecule has 0 saturated heterocycles. The van der Waals surface area contributed by atoms with Gasteiger partial charge in [-0.2, -0.15) is 0 Å². The van der Waals surface area contributed by atoms with Crippen molar-refractivity contribution in [1.82, 2.24) is 0 Å². The molecule has 0 spiro atoms. The third-order valence-corrected chi connectivity index (χ3v) is 3.54. The number of rotatable bonds is 3. The van der Waals surface area contributed by atoms with Crippen LogP contribution in [0.3, 0.4) is 0 Å². The molecule has 0 atom stereocenters. The lowest BCUT2D eigenvalue weighted by atomic mass is 10.2. The van der Waals surface area contributed by atoms with Gasteiger partial charge in [-0.3, -0.25) is 4.79 Å². The van der Waals surface area contributed by atoms with Crippen LogP contribution >= 0.6 is 24.4 Å². The maximum Gasteiger partial charge on any atom is 0.159 e. The van der Waals surface area contributed by atoms with E-state index in [1.165, 1.54) is 0 Å². The molecule has 86 valence electrons. The molecule has 2 aromatic rings. The van der Waals surface area contributed by atoms with Gasteiger partial charge in [-0.25, -0.2) is 0 Å². The molecular weight excluding hydrogens is 248 g/mol. The molecule has 0 aliphatic rings. The number of hydrogen-bond donors (Lipinski definition) is 1. The second kappa shape index (κ2) is 5.43. The van der Waals surface area contributed by atoms with Crippen LogP contribution in [0.2, 0.25) is 0 Å². The Bertz CT molecular complexity index is 579. The van der Waals surface area contributed by atoms with Crippen LogP contribution in [-0.2, 0) is 0 Å². The molecule has 0 radical (unpaired) electrons. The van der Waals surface area contributed by atoms with E-state index < -0.39 is 0 Å². The summed E-state index contributed by atoms with van der Waals surface area (Å²) in [5.74, 6) is 0.0689. The van der Waals surface area contributed by atoms with Gasteiger partial charge < -0.3 is 0 Å². The van der Waals surface area contributed by atoms with Gasteiger partial charge in [-0.05, 0) is 43.3 Å². The van der Waals surface area contributed by atoms with Gasteiger partial charge in [-0.15, -0.1) is 12.6 Å². The first-order valence-electron chi connectivity index (χ1n) is 5.65. The lowest BCUT2D eigenvalue weighted by Crippen LogP contribution is -1.90. The summed E-state index contributed by atoms with van der Waals surface area (Å²) in [6.07, 6.45) is 0. The maximum absolute atomic E-state index is 11.2. The van der Waals surface area contributed by atoms with Crippen molar-refractivity contribution in [2.45, 2.75) is 21.6 Å². The Labute approximate surface area is 112 Å².